The van der Waals surface area contributed by atoms with Gasteiger partial charge in [-0.05, 0) is 23.8 Å². The van der Waals surface area contributed by atoms with Crippen LogP contribution in [0.25, 0.3) is 0 Å². The first kappa shape index (κ1) is 17.0. The van der Waals surface area contributed by atoms with Crippen molar-refractivity contribution in [3.8, 4) is 5.75 Å². The van der Waals surface area contributed by atoms with Crippen LogP contribution in [0.3, 0.4) is 0 Å². The van der Waals surface area contributed by atoms with Crippen molar-refractivity contribution in [3.63, 3.8) is 0 Å². The SMILES string of the molecule is CS(=O)(=O)c1ccc([C@H](O)CN[C@@H]2CCOc3ccccc32)cc1. The van der Waals surface area contributed by atoms with E-state index >= 15 is 0 Å². The summed E-state index contributed by atoms with van der Waals surface area (Å²) >= 11 is 0. The molecule has 1 aliphatic rings. The number of sulfone groups is 1. The van der Waals surface area contributed by atoms with Crippen LogP contribution >= 0.6 is 0 Å². The van der Waals surface area contributed by atoms with Crippen LogP contribution in [0.1, 0.15) is 29.7 Å². The lowest BCUT2D eigenvalue weighted by atomic mass is 10.00. The molecular formula is C18H21NO4S. The molecule has 128 valence electrons. The largest absolute Gasteiger partial charge is 0.493 e. The molecule has 0 amide bonds. The van der Waals surface area contributed by atoms with Crippen LogP contribution in [-0.4, -0.2) is 32.9 Å². The predicted octanol–water partition coefficient (Wildman–Crippen LogP) is 2.24. The van der Waals surface area contributed by atoms with Crippen molar-refractivity contribution in [2.45, 2.75) is 23.5 Å². The number of aliphatic hydroxyl groups excluding tert-OH is 1. The fourth-order valence-electron chi connectivity index (χ4n) is 2.86. The molecule has 1 heterocycles. The zero-order valence-corrected chi connectivity index (χ0v) is 14.3. The quantitative estimate of drug-likeness (QED) is 0.867. The van der Waals surface area contributed by atoms with Gasteiger partial charge in [0.05, 0.1) is 17.6 Å². The van der Waals surface area contributed by atoms with Gasteiger partial charge in [-0.2, -0.15) is 0 Å². The number of benzene rings is 2. The number of fused-ring (bicyclic) bond motifs is 1. The number of ether oxygens (including phenoxy) is 1. The number of para-hydroxylation sites is 1. The molecule has 2 aromatic carbocycles. The Bertz CT molecular complexity index is 802. The van der Waals surface area contributed by atoms with Crippen molar-refractivity contribution in [1.82, 2.24) is 5.32 Å². The maximum Gasteiger partial charge on any atom is 0.175 e. The molecule has 0 saturated heterocycles. The molecule has 2 N–H and O–H groups in total. The monoisotopic (exact) mass is 347 g/mol. The minimum atomic E-state index is -3.22. The minimum Gasteiger partial charge on any atom is -0.493 e. The van der Waals surface area contributed by atoms with Crippen molar-refractivity contribution in [2.75, 3.05) is 19.4 Å². The Kier molecular flexibility index (Phi) is 4.89. The molecule has 6 heteroatoms. The number of aliphatic hydroxyl groups is 1. The molecule has 0 aromatic heterocycles. The van der Waals surface area contributed by atoms with E-state index in [9.17, 15) is 13.5 Å². The third-order valence-electron chi connectivity index (χ3n) is 4.21. The molecule has 0 aliphatic carbocycles. The van der Waals surface area contributed by atoms with Gasteiger partial charge in [-0.15, -0.1) is 0 Å². The summed E-state index contributed by atoms with van der Waals surface area (Å²) in [4.78, 5) is 0.254. The Morgan fingerprint density at radius 2 is 1.92 bits per heavy atom. The lowest BCUT2D eigenvalue weighted by Crippen LogP contribution is -2.30. The Hall–Kier alpha value is -1.89. The molecule has 0 spiro atoms. The summed E-state index contributed by atoms with van der Waals surface area (Å²) in [6, 6.07) is 14.4. The van der Waals surface area contributed by atoms with Crippen LogP contribution in [0.5, 0.6) is 5.75 Å². The fraction of sp³-hybridized carbons (Fsp3) is 0.333. The van der Waals surface area contributed by atoms with Crippen LogP contribution in [-0.2, 0) is 9.84 Å². The molecule has 0 radical (unpaired) electrons. The topological polar surface area (TPSA) is 75.6 Å². The zero-order chi connectivity index (χ0) is 17.2. The molecule has 5 nitrogen and oxygen atoms in total. The first-order valence-corrected chi connectivity index (χ1v) is 9.77. The van der Waals surface area contributed by atoms with Crippen LogP contribution in [0.15, 0.2) is 53.4 Å². The summed E-state index contributed by atoms with van der Waals surface area (Å²) in [5.74, 6) is 0.883. The highest BCUT2D eigenvalue weighted by Crippen LogP contribution is 2.31. The van der Waals surface area contributed by atoms with Gasteiger partial charge < -0.3 is 15.2 Å². The Labute approximate surface area is 142 Å². The number of hydrogen-bond donors (Lipinski definition) is 2. The van der Waals surface area contributed by atoms with Gasteiger partial charge >= 0.3 is 0 Å². The van der Waals surface area contributed by atoms with Gasteiger partial charge in [0.2, 0.25) is 0 Å². The van der Waals surface area contributed by atoms with Crippen molar-refractivity contribution in [3.05, 3.63) is 59.7 Å². The molecule has 2 atom stereocenters. The predicted molar refractivity (Wildman–Crippen MR) is 91.8 cm³/mol. The van der Waals surface area contributed by atoms with E-state index in [0.29, 0.717) is 18.7 Å². The molecule has 2 aromatic rings. The van der Waals surface area contributed by atoms with Crippen molar-refractivity contribution in [1.29, 1.82) is 0 Å². The molecular weight excluding hydrogens is 326 g/mol. The number of rotatable bonds is 5. The average molecular weight is 347 g/mol. The summed E-state index contributed by atoms with van der Waals surface area (Å²) in [6.07, 6.45) is 1.31. The van der Waals surface area contributed by atoms with Gasteiger partial charge in [-0.3, -0.25) is 0 Å². The highest BCUT2D eigenvalue weighted by molar-refractivity contribution is 7.90. The standard InChI is InChI=1S/C18H21NO4S/c1-24(21,22)14-8-6-13(7-9-14)17(20)12-19-16-10-11-23-18-5-3-2-4-15(16)18/h2-9,16-17,19-20H,10-12H2,1H3/t16-,17-/m1/s1. The Morgan fingerprint density at radius 3 is 2.62 bits per heavy atom. The molecule has 24 heavy (non-hydrogen) atoms. The molecule has 3 rings (SSSR count). The van der Waals surface area contributed by atoms with E-state index in [-0.39, 0.29) is 10.9 Å². The van der Waals surface area contributed by atoms with Crippen molar-refractivity contribution >= 4 is 9.84 Å². The molecule has 0 unspecified atom stereocenters. The van der Waals surface area contributed by atoms with Crippen LogP contribution in [0, 0.1) is 0 Å². The second-order valence-corrected chi connectivity index (χ2v) is 8.01. The lowest BCUT2D eigenvalue weighted by Gasteiger charge is -2.27. The van der Waals surface area contributed by atoms with E-state index in [2.05, 4.69) is 5.32 Å². The zero-order valence-electron chi connectivity index (χ0n) is 13.5. The summed E-state index contributed by atoms with van der Waals surface area (Å²) in [5.41, 5.74) is 1.79. The van der Waals surface area contributed by atoms with Crippen molar-refractivity contribution < 1.29 is 18.3 Å². The van der Waals surface area contributed by atoms with E-state index in [1.54, 1.807) is 12.1 Å². The average Bonchev–Trinajstić information content (AvgIpc) is 2.59. The van der Waals surface area contributed by atoms with Gasteiger partial charge in [0, 0.05) is 30.8 Å². The van der Waals surface area contributed by atoms with Crippen LogP contribution in [0.4, 0.5) is 0 Å². The van der Waals surface area contributed by atoms with E-state index in [1.165, 1.54) is 18.4 Å². The smallest absolute Gasteiger partial charge is 0.175 e. The second kappa shape index (κ2) is 6.93. The normalized spacial score (nSPS) is 18.5. The summed E-state index contributed by atoms with van der Waals surface area (Å²) < 4.78 is 28.6. The second-order valence-electron chi connectivity index (χ2n) is 5.99. The van der Waals surface area contributed by atoms with Crippen LogP contribution < -0.4 is 10.1 Å². The summed E-state index contributed by atoms with van der Waals surface area (Å²) in [7, 11) is -3.22. The van der Waals surface area contributed by atoms with E-state index in [4.69, 9.17) is 4.74 Å². The van der Waals surface area contributed by atoms with Gasteiger partial charge in [-0.1, -0.05) is 30.3 Å². The van der Waals surface area contributed by atoms with Gasteiger partial charge in [0.25, 0.3) is 0 Å². The fourth-order valence-corrected chi connectivity index (χ4v) is 3.49. The highest BCUT2D eigenvalue weighted by atomic mass is 32.2. The maximum absolute atomic E-state index is 11.5. The van der Waals surface area contributed by atoms with Crippen LogP contribution in [0.2, 0.25) is 0 Å². The molecule has 1 aliphatic heterocycles. The van der Waals surface area contributed by atoms with Crippen molar-refractivity contribution in [2.24, 2.45) is 0 Å². The third kappa shape index (κ3) is 3.77. The first-order valence-electron chi connectivity index (χ1n) is 7.88. The number of hydrogen-bond acceptors (Lipinski definition) is 5. The lowest BCUT2D eigenvalue weighted by molar-refractivity contribution is 0.162. The molecule has 0 saturated carbocycles. The Balaban J connectivity index is 1.65. The van der Waals surface area contributed by atoms with Gasteiger partial charge in [0.15, 0.2) is 9.84 Å². The third-order valence-corrected chi connectivity index (χ3v) is 5.34. The summed E-state index contributed by atoms with van der Waals surface area (Å²) in [5, 5.41) is 13.7. The van der Waals surface area contributed by atoms with E-state index in [1.807, 2.05) is 24.3 Å². The van der Waals surface area contributed by atoms with E-state index < -0.39 is 15.9 Å². The molecule has 0 bridgehead atoms. The number of nitrogens with one attached hydrogen (secondary N) is 1. The maximum atomic E-state index is 11.5. The van der Waals surface area contributed by atoms with E-state index in [0.717, 1.165) is 17.7 Å². The van der Waals surface area contributed by atoms with Gasteiger partial charge in [-0.25, -0.2) is 8.42 Å². The summed E-state index contributed by atoms with van der Waals surface area (Å²) in [6.45, 7) is 1.03. The Morgan fingerprint density at radius 1 is 1.21 bits per heavy atom. The van der Waals surface area contributed by atoms with Gasteiger partial charge in [0.1, 0.15) is 5.75 Å². The highest BCUT2D eigenvalue weighted by Gasteiger charge is 2.21. The first-order chi connectivity index (χ1) is 11.4. The molecule has 0 fully saturated rings. The minimum absolute atomic E-state index is 0.139.